The maximum absolute atomic E-state index is 12.7. The van der Waals surface area contributed by atoms with Crippen LogP contribution in [0.3, 0.4) is 0 Å². The molecule has 0 radical (unpaired) electrons. The average Bonchev–Trinajstić information content (AvgIpc) is 2.99. The van der Waals surface area contributed by atoms with Crippen molar-refractivity contribution in [3.05, 3.63) is 66.4 Å². The standard InChI is InChI=1S/C15H13N3O2S/c1-12-7-9-14(10-8-12)21(19,20)18-15(11-16-17-18)13-5-3-2-4-6-13/h2-11H,1H3. The molecule has 3 aromatic rings. The first-order valence-electron chi connectivity index (χ1n) is 6.37. The maximum atomic E-state index is 12.7. The lowest BCUT2D eigenvalue weighted by atomic mass is 10.2. The third-order valence-electron chi connectivity index (χ3n) is 3.14. The summed E-state index contributed by atoms with van der Waals surface area (Å²) in [6, 6.07) is 15.8. The lowest BCUT2D eigenvalue weighted by Crippen LogP contribution is -2.16. The van der Waals surface area contributed by atoms with Crippen LogP contribution in [-0.4, -0.2) is 22.8 Å². The Hall–Kier alpha value is -2.47. The van der Waals surface area contributed by atoms with Crippen molar-refractivity contribution < 1.29 is 8.42 Å². The zero-order chi connectivity index (χ0) is 14.9. The van der Waals surface area contributed by atoms with Gasteiger partial charge in [0.1, 0.15) is 5.69 Å². The molecule has 0 aliphatic rings. The molecule has 3 rings (SSSR count). The summed E-state index contributed by atoms with van der Waals surface area (Å²) in [6.45, 7) is 1.90. The summed E-state index contributed by atoms with van der Waals surface area (Å²) in [6.07, 6.45) is 1.45. The third kappa shape index (κ3) is 2.45. The van der Waals surface area contributed by atoms with Crippen LogP contribution in [0.2, 0.25) is 0 Å². The topological polar surface area (TPSA) is 64.8 Å². The zero-order valence-electron chi connectivity index (χ0n) is 11.3. The van der Waals surface area contributed by atoms with Crippen LogP contribution in [0.15, 0.2) is 65.7 Å². The van der Waals surface area contributed by atoms with Gasteiger partial charge in [0.15, 0.2) is 0 Å². The van der Waals surface area contributed by atoms with Crippen molar-refractivity contribution >= 4 is 10.0 Å². The van der Waals surface area contributed by atoms with Gasteiger partial charge in [-0.3, -0.25) is 0 Å². The zero-order valence-corrected chi connectivity index (χ0v) is 12.2. The number of rotatable bonds is 3. The molecule has 2 aromatic carbocycles. The van der Waals surface area contributed by atoms with Gasteiger partial charge in [0, 0.05) is 5.56 Å². The SMILES string of the molecule is Cc1ccc(S(=O)(=O)n2nncc2-c2ccccc2)cc1. The molecule has 106 valence electrons. The Morgan fingerprint density at radius 1 is 0.952 bits per heavy atom. The number of nitrogens with zero attached hydrogens (tertiary/aromatic N) is 3. The van der Waals surface area contributed by atoms with Crippen LogP contribution >= 0.6 is 0 Å². The number of aryl methyl sites for hydroxylation is 1. The summed E-state index contributed by atoms with van der Waals surface area (Å²) in [7, 11) is -3.75. The largest absolute Gasteiger partial charge is 0.284 e. The Kier molecular flexibility index (Phi) is 3.31. The summed E-state index contributed by atoms with van der Waals surface area (Å²) in [5.41, 5.74) is 2.19. The van der Waals surface area contributed by atoms with E-state index in [2.05, 4.69) is 10.3 Å². The fraction of sp³-hybridized carbons (Fsp3) is 0.0667. The first-order valence-corrected chi connectivity index (χ1v) is 7.81. The van der Waals surface area contributed by atoms with Gasteiger partial charge in [0.2, 0.25) is 0 Å². The van der Waals surface area contributed by atoms with E-state index in [-0.39, 0.29) is 4.90 Å². The molecule has 5 nitrogen and oxygen atoms in total. The maximum Gasteiger partial charge on any atom is 0.284 e. The summed E-state index contributed by atoms with van der Waals surface area (Å²) in [4.78, 5) is 0.191. The van der Waals surface area contributed by atoms with Gasteiger partial charge in [-0.15, -0.1) is 9.19 Å². The van der Waals surface area contributed by atoms with Crippen LogP contribution < -0.4 is 0 Å². The first kappa shape index (κ1) is 13.5. The van der Waals surface area contributed by atoms with Gasteiger partial charge in [0.05, 0.1) is 11.1 Å². The second kappa shape index (κ2) is 5.14. The minimum absolute atomic E-state index is 0.191. The summed E-state index contributed by atoms with van der Waals surface area (Å²) < 4.78 is 26.3. The van der Waals surface area contributed by atoms with Crippen molar-refractivity contribution in [1.29, 1.82) is 0 Å². The van der Waals surface area contributed by atoms with Gasteiger partial charge in [0.25, 0.3) is 10.0 Å². The fourth-order valence-corrected chi connectivity index (χ4v) is 3.24. The Morgan fingerprint density at radius 2 is 1.62 bits per heavy atom. The minimum atomic E-state index is -3.75. The number of hydrogen-bond acceptors (Lipinski definition) is 4. The van der Waals surface area contributed by atoms with Crippen LogP contribution in [0.4, 0.5) is 0 Å². The third-order valence-corrected chi connectivity index (χ3v) is 4.73. The monoisotopic (exact) mass is 299 g/mol. The van der Waals surface area contributed by atoms with Crippen molar-refractivity contribution in [2.75, 3.05) is 0 Å². The van der Waals surface area contributed by atoms with E-state index in [1.165, 1.54) is 6.20 Å². The Bertz CT molecular complexity index is 853. The molecule has 0 spiro atoms. The minimum Gasteiger partial charge on any atom is -0.199 e. The lowest BCUT2D eigenvalue weighted by Gasteiger charge is -2.08. The van der Waals surface area contributed by atoms with E-state index in [9.17, 15) is 8.42 Å². The fourth-order valence-electron chi connectivity index (χ4n) is 2.01. The smallest absolute Gasteiger partial charge is 0.199 e. The van der Waals surface area contributed by atoms with E-state index < -0.39 is 10.0 Å². The molecule has 0 unspecified atom stereocenters. The second-order valence-corrected chi connectivity index (χ2v) is 6.41. The normalized spacial score (nSPS) is 11.5. The summed E-state index contributed by atoms with van der Waals surface area (Å²) in [5.74, 6) is 0. The molecule has 0 atom stereocenters. The molecule has 0 bridgehead atoms. The van der Waals surface area contributed by atoms with Gasteiger partial charge in [-0.05, 0) is 19.1 Å². The quantitative estimate of drug-likeness (QED) is 0.745. The van der Waals surface area contributed by atoms with E-state index in [0.29, 0.717) is 5.69 Å². The highest BCUT2D eigenvalue weighted by atomic mass is 32.2. The molecule has 0 saturated carbocycles. The summed E-state index contributed by atoms with van der Waals surface area (Å²) in [5, 5.41) is 7.48. The molecular formula is C15H13N3O2S. The average molecular weight is 299 g/mol. The second-order valence-electron chi connectivity index (χ2n) is 4.65. The molecule has 1 aromatic heterocycles. The molecule has 1 heterocycles. The highest BCUT2D eigenvalue weighted by Crippen LogP contribution is 2.22. The highest BCUT2D eigenvalue weighted by molar-refractivity contribution is 7.90. The van der Waals surface area contributed by atoms with Crippen LogP contribution in [0, 0.1) is 6.92 Å². The van der Waals surface area contributed by atoms with Gasteiger partial charge >= 0.3 is 0 Å². The summed E-state index contributed by atoms with van der Waals surface area (Å²) >= 11 is 0. The predicted molar refractivity (Wildman–Crippen MR) is 79.2 cm³/mol. The Labute approximate surface area is 122 Å². The van der Waals surface area contributed by atoms with Crippen LogP contribution in [0.25, 0.3) is 11.3 Å². The van der Waals surface area contributed by atoms with Crippen molar-refractivity contribution in [2.24, 2.45) is 0 Å². The molecule has 0 aliphatic carbocycles. The number of hydrogen-bond donors (Lipinski definition) is 0. The molecule has 0 saturated heterocycles. The molecule has 0 fully saturated rings. The van der Waals surface area contributed by atoms with Crippen molar-refractivity contribution in [1.82, 2.24) is 14.4 Å². The van der Waals surface area contributed by atoms with Gasteiger partial charge in [-0.25, -0.2) is 0 Å². The van der Waals surface area contributed by atoms with Crippen LogP contribution in [0.1, 0.15) is 5.56 Å². The van der Waals surface area contributed by atoms with E-state index in [0.717, 1.165) is 15.2 Å². The molecule has 0 aliphatic heterocycles. The van der Waals surface area contributed by atoms with Gasteiger partial charge in [-0.1, -0.05) is 53.2 Å². The molecular weight excluding hydrogens is 286 g/mol. The van der Waals surface area contributed by atoms with Crippen LogP contribution in [-0.2, 0) is 10.0 Å². The first-order chi connectivity index (χ1) is 10.1. The van der Waals surface area contributed by atoms with Gasteiger partial charge < -0.3 is 0 Å². The Morgan fingerprint density at radius 3 is 2.29 bits per heavy atom. The Balaban J connectivity index is 2.13. The number of aromatic nitrogens is 3. The van der Waals surface area contributed by atoms with Crippen molar-refractivity contribution in [2.45, 2.75) is 11.8 Å². The van der Waals surface area contributed by atoms with E-state index in [4.69, 9.17) is 0 Å². The van der Waals surface area contributed by atoms with Crippen molar-refractivity contribution in [3.63, 3.8) is 0 Å². The number of benzene rings is 2. The molecule has 0 amide bonds. The van der Waals surface area contributed by atoms with E-state index in [1.807, 2.05) is 37.3 Å². The molecule has 6 heteroatoms. The van der Waals surface area contributed by atoms with Crippen LogP contribution in [0.5, 0.6) is 0 Å². The predicted octanol–water partition coefficient (Wildman–Crippen LogP) is 2.49. The van der Waals surface area contributed by atoms with Gasteiger partial charge in [-0.2, -0.15) is 8.42 Å². The highest BCUT2D eigenvalue weighted by Gasteiger charge is 2.22. The molecule has 0 N–H and O–H groups in total. The lowest BCUT2D eigenvalue weighted by molar-refractivity contribution is 0.578. The molecule has 21 heavy (non-hydrogen) atoms. The van der Waals surface area contributed by atoms with E-state index in [1.54, 1.807) is 24.3 Å². The van der Waals surface area contributed by atoms with Crippen molar-refractivity contribution in [3.8, 4) is 11.3 Å². The van der Waals surface area contributed by atoms with E-state index >= 15 is 0 Å².